The molecule has 4 aliphatic heterocycles. The van der Waals surface area contributed by atoms with Crippen LogP contribution in [0.2, 0.25) is 0 Å². The van der Waals surface area contributed by atoms with E-state index >= 15 is 0 Å². The fourth-order valence-corrected chi connectivity index (χ4v) is 17.6. The van der Waals surface area contributed by atoms with E-state index in [1.807, 2.05) is 68.5 Å². The van der Waals surface area contributed by atoms with Gasteiger partial charge in [0.05, 0.1) is 141 Å². The molecule has 8 rings (SSSR count). The van der Waals surface area contributed by atoms with Crippen LogP contribution in [0.1, 0.15) is 146 Å². The zero-order valence-electron chi connectivity index (χ0n) is 75.7. The quantitative estimate of drug-likeness (QED) is 0.00974. The Kier molecular flexibility index (Phi) is 45.1. The second kappa shape index (κ2) is 54.8. The first-order chi connectivity index (χ1) is 61.4. The molecule has 712 valence electrons. The van der Waals surface area contributed by atoms with Crippen LogP contribution in [0.3, 0.4) is 0 Å². The predicted molar refractivity (Wildman–Crippen MR) is 480 cm³/mol. The van der Waals surface area contributed by atoms with Gasteiger partial charge in [0.1, 0.15) is 54.4 Å². The Hall–Kier alpha value is -7.92. The lowest BCUT2D eigenvalue weighted by Gasteiger charge is -2.42. The highest BCUT2D eigenvalue weighted by atomic mass is 32.2. The number of anilines is 1. The normalized spacial score (nSPS) is 26.9. The summed E-state index contributed by atoms with van der Waals surface area (Å²) < 4.78 is 108. The Morgan fingerprint density at radius 3 is 1.98 bits per heavy atom. The zero-order valence-corrected chi connectivity index (χ0v) is 77.4. The molecule has 15 atom stereocenters. The highest BCUT2D eigenvalue weighted by Crippen LogP contribution is 2.39. The summed E-state index contributed by atoms with van der Waals surface area (Å²) in [6, 6.07) is 11.6. The molecule has 2 aromatic carbocycles. The third-order valence-corrected chi connectivity index (χ3v) is 25.7. The number of methoxy groups -OCH3 is 2. The van der Waals surface area contributed by atoms with Gasteiger partial charge < -0.3 is 114 Å². The van der Waals surface area contributed by atoms with E-state index in [2.05, 4.69) is 15.6 Å². The number of ether oxygens (including phenoxy) is 14. The number of hydrogen-bond donors (Lipinski definition) is 7. The van der Waals surface area contributed by atoms with Crippen LogP contribution in [0.15, 0.2) is 107 Å². The number of aliphatic hydroxyl groups is 3. The van der Waals surface area contributed by atoms with Gasteiger partial charge in [-0.05, 0) is 174 Å². The summed E-state index contributed by atoms with van der Waals surface area (Å²) in [5.74, 6) is -8.98. The van der Waals surface area contributed by atoms with E-state index in [0.717, 1.165) is 27.2 Å². The van der Waals surface area contributed by atoms with Crippen LogP contribution in [0.5, 0.6) is 5.75 Å². The van der Waals surface area contributed by atoms with Gasteiger partial charge in [0, 0.05) is 106 Å². The molecule has 5 heterocycles. The standard InChI is InChI=1S/C93H137N7O26S2/c1-61-15-11-10-12-16-62(2)80(113-8)57-72-22-18-67(7)93(110,126-72)88(106)90(108)100-31-14-13-17-76(100)91(109)124-81(58-77(101)64(4)52-66(6)86(104)87(105)85(103)65(5)51-61)75(94)54-68-19-25-79(82(55-68)114-9)125-92(127)97-29-34-116-37-39-118-41-43-120-45-47-122-49-48-121-46-44-119-42-40-117-38-36-115-33-28-84(102)96-30-50-128(111,112)73-23-24-74(63(3)53-73)89(107)99-32-35-123-78-26-20-69(56-71(78)60-99)70-21-27-83(95)98-59-70/h10-12,15-16,20-21,23-24,26-27,52-53,56,59,61,64-65,67-68,72,75-76,79-82,86-87,104-105,110H,13-14,17-19,22,25,28-51,54-55,57-58,60,94H2,1-9H3,(H2,95,98)(H,96,102)(H,97,127)/b12-10+,15-11+,62-16+,66-52+/t61-,64-,65-,67-,68+,72+,75-,76+,79-,80+,81+,82-,86-,87+,93-/m1/s1. The Balaban J connectivity index is 0.639. The summed E-state index contributed by atoms with van der Waals surface area (Å²) in [6.45, 7) is 18.6. The van der Waals surface area contributed by atoms with Crippen molar-refractivity contribution >= 4 is 74.1 Å². The molecule has 33 nitrogen and oxygen atoms in total. The van der Waals surface area contributed by atoms with Gasteiger partial charge in [0.15, 0.2) is 15.6 Å². The van der Waals surface area contributed by atoms with Crippen LogP contribution in [-0.4, -0.2) is 304 Å². The van der Waals surface area contributed by atoms with Crippen molar-refractivity contribution in [3.63, 3.8) is 0 Å². The summed E-state index contributed by atoms with van der Waals surface area (Å²) in [7, 11) is -0.661. The molecule has 1 saturated carbocycles. The number of carbonyl (C=O) groups is 7. The van der Waals surface area contributed by atoms with Gasteiger partial charge >= 0.3 is 5.97 Å². The number of aromatic nitrogens is 1. The van der Waals surface area contributed by atoms with Crippen LogP contribution in [0, 0.1) is 36.5 Å². The molecule has 3 amide bonds. The van der Waals surface area contributed by atoms with Crippen LogP contribution in [-0.2, 0) is 107 Å². The number of nitrogens with two attached hydrogens (primary N) is 2. The van der Waals surface area contributed by atoms with Crippen molar-refractivity contribution in [2.75, 3.05) is 164 Å². The van der Waals surface area contributed by atoms with Gasteiger partial charge in [-0.3, -0.25) is 28.8 Å². The van der Waals surface area contributed by atoms with Crippen molar-refractivity contribution in [2.45, 2.75) is 204 Å². The smallest absolute Gasteiger partial charge is 0.329 e. The molecule has 0 unspecified atom stereocenters. The minimum atomic E-state index is -3.79. The van der Waals surface area contributed by atoms with Crippen molar-refractivity contribution in [1.82, 2.24) is 25.4 Å². The average molecular weight is 1830 g/mol. The molecule has 3 fully saturated rings. The first-order valence-corrected chi connectivity index (χ1v) is 46.8. The van der Waals surface area contributed by atoms with Crippen molar-refractivity contribution in [3.8, 4) is 16.9 Å². The molecule has 0 spiro atoms. The van der Waals surface area contributed by atoms with Crippen molar-refractivity contribution in [2.24, 2.45) is 35.3 Å². The van der Waals surface area contributed by atoms with Gasteiger partial charge in [0.25, 0.3) is 22.8 Å². The largest absolute Gasteiger partial charge is 0.491 e. The van der Waals surface area contributed by atoms with Gasteiger partial charge in [-0.15, -0.1) is 0 Å². The Labute approximate surface area is 758 Å². The molecule has 1 aromatic heterocycles. The second-order valence-corrected chi connectivity index (χ2v) is 36.0. The third-order valence-electron chi connectivity index (χ3n) is 23.7. The maximum atomic E-state index is 14.7. The highest BCUT2D eigenvalue weighted by Gasteiger charge is 2.53. The number of nitrogen functional groups attached to an aromatic ring is 1. The fourth-order valence-electron chi connectivity index (χ4n) is 16.1. The highest BCUT2D eigenvalue weighted by molar-refractivity contribution is 7.91. The van der Waals surface area contributed by atoms with Gasteiger partial charge in [-0.25, -0.2) is 18.2 Å². The number of fused-ring (bicyclic) bond motifs is 4. The molecule has 9 N–H and O–H groups in total. The number of amides is 3. The number of aliphatic hydroxyl groups excluding tert-OH is 2. The number of benzene rings is 2. The van der Waals surface area contributed by atoms with Crippen LogP contribution in [0.25, 0.3) is 11.1 Å². The van der Waals surface area contributed by atoms with Gasteiger partial charge in [0.2, 0.25) is 11.7 Å². The lowest BCUT2D eigenvalue weighted by atomic mass is 9.80. The van der Waals surface area contributed by atoms with Crippen LogP contribution < -0.4 is 26.8 Å². The monoisotopic (exact) mass is 1830 g/mol. The number of cyclic esters (lactones) is 1. The number of carbonyl (C=O) groups excluding carboxylic acids is 7. The van der Waals surface area contributed by atoms with E-state index in [1.165, 1.54) is 31.2 Å². The average Bonchev–Trinajstić information content (AvgIpc) is 0.807. The maximum absolute atomic E-state index is 14.7. The molecule has 2 bridgehead atoms. The molecule has 2 saturated heterocycles. The summed E-state index contributed by atoms with van der Waals surface area (Å²) >= 11 is 5.58. The van der Waals surface area contributed by atoms with E-state index in [-0.39, 0.29) is 103 Å². The topological polar surface area (TPSA) is 439 Å². The summed E-state index contributed by atoms with van der Waals surface area (Å²) in [5.41, 5.74) is 17.3. The van der Waals surface area contributed by atoms with Gasteiger partial charge in [-0.1, -0.05) is 70.2 Å². The van der Waals surface area contributed by atoms with Gasteiger partial charge in [-0.2, -0.15) is 0 Å². The first-order valence-electron chi connectivity index (χ1n) is 44.7. The van der Waals surface area contributed by atoms with Crippen molar-refractivity contribution in [1.29, 1.82) is 0 Å². The minimum Gasteiger partial charge on any atom is -0.491 e. The van der Waals surface area contributed by atoms with Crippen LogP contribution in [0.4, 0.5) is 5.82 Å². The van der Waals surface area contributed by atoms with E-state index in [4.69, 9.17) is 90.0 Å². The van der Waals surface area contributed by atoms with Crippen molar-refractivity contribution in [3.05, 3.63) is 119 Å². The number of pyridine rings is 1. The number of sulfone groups is 1. The van der Waals surface area contributed by atoms with Crippen LogP contribution >= 0.6 is 12.2 Å². The number of rotatable bonds is 39. The molecule has 1 aliphatic carbocycles. The Morgan fingerprint density at radius 1 is 0.695 bits per heavy atom. The number of ketones is 3. The number of piperidine rings is 1. The first kappa shape index (κ1) is 105. The number of Topliss-reactive ketones (excluding diaryl/α,β-unsaturated/α-hetero) is 3. The Bertz CT molecular complexity index is 4290. The summed E-state index contributed by atoms with van der Waals surface area (Å²) in [5, 5.41) is 40.5. The van der Waals surface area contributed by atoms with Crippen molar-refractivity contribution < 1.29 is 124 Å². The second-order valence-electron chi connectivity index (χ2n) is 33.5. The van der Waals surface area contributed by atoms with E-state index < -0.39 is 117 Å². The molecule has 35 heteroatoms. The zero-order chi connectivity index (χ0) is 92.7. The minimum absolute atomic E-state index is 0.00767. The number of aryl methyl sites for hydroxylation is 1. The predicted octanol–water partition coefficient (Wildman–Crippen LogP) is 7.22. The fraction of sp³-hybridized carbons (Fsp3) is 0.645. The van der Waals surface area contributed by atoms with E-state index in [0.29, 0.717) is 193 Å². The molecular weight excluding hydrogens is 1700 g/mol. The number of esters is 1. The number of hydrogen-bond acceptors (Lipinski definition) is 30. The Morgan fingerprint density at radius 2 is 1.34 bits per heavy atom. The molecular formula is C93H137N7O26S2. The number of nitrogens with zero attached hydrogens (tertiary/aromatic N) is 3. The SMILES string of the molecule is CO[C@H]1C[C@@H]2CC[C@@H](C)[C@@](O)(O2)C(=O)C(=O)N2CCCC[C@H]2C(=O)O[C@H]([C@H](N)C[C@@H]2CC[C@@H](OC(=S)NCCOCCOCCOCCOCCOCCOCCOCCOCCC(=O)NCCS(=O)(=O)c3ccc(C(=O)N4CCOc5ccc(-c6ccc(N)nc6)cc5C4)c(C)c3)[C@H](OC)C2)CC(=O)[C@H](C)/C=C(\C)[C@@H](O)[C@@H](O)C(=O)[C@H](C)C[C@H](C)/C=C/C=C/C=C/1C. The summed E-state index contributed by atoms with van der Waals surface area (Å²) in [4.78, 5) is 105. The lowest BCUT2D eigenvalue weighted by molar-refractivity contribution is -0.265. The number of allylic oxidation sites excluding steroid dienone is 6. The van der Waals surface area contributed by atoms with E-state index in [9.17, 15) is 57.3 Å². The summed E-state index contributed by atoms with van der Waals surface area (Å²) in [6.07, 6.45) is 9.97. The molecule has 128 heavy (non-hydrogen) atoms. The third kappa shape index (κ3) is 33.7. The molecule has 5 aliphatic rings. The number of thiocarbonyl (C=S) groups is 1. The van der Waals surface area contributed by atoms with E-state index in [1.54, 1.807) is 59.1 Å². The molecule has 3 aromatic rings. The lowest BCUT2D eigenvalue weighted by Crippen LogP contribution is -2.61. The molecule has 0 radical (unpaired) electrons. The maximum Gasteiger partial charge on any atom is 0.329 e. The number of nitrogens with one attached hydrogen (secondary N) is 2.